The van der Waals surface area contributed by atoms with Gasteiger partial charge in [-0.2, -0.15) is 0 Å². The van der Waals surface area contributed by atoms with Crippen molar-refractivity contribution in [2.24, 2.45) is 0 Å². The standard InChI is InChI=1S/C28H34N2O5/c1-4-35-23-11-10-22(18-20(23)3)26(31)24-25(21-8-6-19(2)7-9-21)30(28(33)27(24)32)13-5-12-29-14-16-34-17-15-29/h6-11,18,25,31H,4-5,12-17H2,1-3H3. The maximum atomic E-state index is 13.2. The van der Waals surface area contributed by atoms with Gasteiger partial charge in [-0.05, 0) is 56.5 Å². The Labute approximate surface area is 206 Å². The Morgan fingerprint density at radius 3 is 2.43 bits per heavy atom. The van der Waals surface area contributed by atoms with E-state index in [1.54, 1.807) is 23.1 Å². The lowest BCUT2D eigenvalue weighted by molar-refractivity contribution is -0.140. The highest BCUT2D eigenvalue weighted by Gasteiger charge is 2.45. The quantitative estimate of drug-likeness (QED) is 0.353. The second kappa shape index (κ2) is 11.1. The zero-order valence-electron chi connectivity index (χ0n) is 20.8. The third-order valence-electron chi connectivity index (χ3n) is 6.66. The molecule has 2 heterocycles. The first-order chi connectivity index (χ1) is 16.9. The fourth-order valence-electron chi connectivity index (χ4n) is 4.77. The Bertz CT molecular complexity index is 1100. The van der Waals surface area contributed by atoms with Crippen LogP contribution in [0.4, 0.5) is 0 Å². The predicted molar refractivity (Wildman–Crippen MR) is 134 cm³/mol. The van der Waals surface area contributed by atoms with Crippen LogP contribution in [0.1, 0.15) is 41.6 Å². The zero-order chi connectivity index (χ0) is 24.9. The third-order valence-corrected chi connectivity index (χ3v) is 6.66. The molecule has 0 aliphatic carbocycles. The van der Waals surface area contributed by atoms with E-state index in [2.05, 4.69) is 4.90 Å². The van der Waals surface area contributed by atoms with Crippen LogP contribution < -0.4 is 4.74 Å². The van der Waals surface area contributed by atoms with Gasteiger partial charge in [0.15, 0.2) is 0 Å². The van der Waals surface area contributed by atoms with Crippen molar-refractivity contribution in [2.75, 3.05) is 46.0 Å². The first-order valence-corrected chi connectivity index (χ1v) is 12.3. The lowest BCUT2D eigenvalue weighted by Crippen LogP contribution is -2.38. The van der Waals surface area contributed by atoms with Gasteiger partial charge in [-0.1, -0.05) is 29.8 Å². The highest BCUT2D eigenvalue weighted by molar-refractivity contribution is 6.46. The zero-order valence-corrected chi connectivity index (χ0v) is 20.8. The van der Waals surface area contributed by atoms with Crippen LogP contribution in [0.25, 0.3) is 5.76 Å². The van der Waals surface area contributed by atoms with Gasteiger partial charge < -0.3 is 19.5 Å². The predicted octanol–water partition coefficient (Wildman–Crippen LogP) is 3.85. The Hall–Kier alpha value is -3.16. The number of rotatable bonds is 8. The van der Waals surface area contributed by atoms with Gasteiger partial charge in [-0.25, -0.2) is 0 Å². The molecule has 2 aliphatic heterocycles. The first kappa shape index (κ1) is 24.9. The lowest BCUT2D eigenvalue weighted by atomic mass is 9.94. The highest BCUT2D eigenvalue weighted by Crippen LogP contribution is 2.40. The molecule has 0 radical (unpaired) electrons. The smallest absolute Gasteiger partial charge is 0.295 e. The summed E-state index contributed by atoms with van der Waals surface area (Å²) in [6.07, 6.45) is 0.734. The van der Waals surface area contributed by atoms with Crippen LogP contribution in [-0.2, 0) is 14.3 Å². The SMILES string of the molecule is CCOc1ccc(C(O)=C2C(=O)C(=O)N(CCCN3CCOCC3)C2c2ccc(C)cc2)cc1C. The van der Waals surface area contributed by atoms with Crippen LogP contribution in [0, 0.1) is 13.8 Å². The Kier molecular flexibility index (Phi) is 7.88. The van der Waals surface area contributed by atoms with Crippen molar-refractivity contribution >= 4 is 17.4 Å². The van der Waals surface area contributed by atoms with E-state index >= 15 is 0 Å². The molecule has 0 spiro atoms. The van der Waals surface area contributed by atoms with Gasteiger partial charge in [0.05, 0.1) is 31.4 Å². The van der Waals surface area contributed by atoms with Crippen molar-refractivity contribution in [1.29, 1.82) is 0 Å². The molecule has 1 amide bonds. The second-order valence-electron chi connectivity index (χ2n) is 9.12. The largest absolute Gasteiger partial charge is 0.507 e. The minimum Gasteiger partial charge on any atom is -0.507 e. The molecule has 7 nitrogen and oxygen atoms in total. The molecular formula is C28H34N2O5. The van der Waals surface area contributed by atoms with Crippen molar-refractivity contribution in [3.8, 4) is 5.75 Å². The van der Waals surface area contributed by atoms with E-state index in [0.29, 0.717) is 18.7 Å². The average molecular weight is 479 g/mol. The molecule has 2 fully saturated rings. The van der Waals surface area contributed by atoms with Gasteiger partial charge in [-0.3, -0.25) is 14.5 Å². The molecule has 35 heavy (non-hydrogen) atoms. The number of aryl methyl sites for hydroxylation is 2. The second-order valence-corrected chi connectivity index (χ2v) is 9.12. The number of morpholine rings is 1. The van der Waals surface area contributed by atoms with Crippen molar-refractivity contribution in [3.05, 3.63) is 70.3 Å². The van der Waals surface area contributed by atoms with E-state index in [-0.39, 0.29) is 11.3 Å². The normalized spacial score (nSPS) is 20.4. The Balaban J connectivity index is 1.67. The van der Waals surface area contributed by atoms with Crippen LogP contribution in [0.5, 0.6) is 5.75 Å². The number of benzene rings is 2. The van der Waals surface area contributed by atoms with Crippen LogP contribution in [0.2, 0.25) is 0 Å². The van der Waals surface area contributed by atoms with Gasteiger partial charge in [0, 0.05) is 31.7 Å². The summed E-state index contributed by atoms with van der Waals surface area (Å²) in [5, 5.41) is 11.3. The maximum absolute atomic E-state index is 13.2. The monoisotopic (exact) mass is 478 g/mol. The van der Waals surface area contributed by atoms with Gasteiger partial charge in [0.25, 0.3) is 11.7 Å². The fourth-order valence-corrected chi connectivity index (χ4v) is 4.77. The molecule has 1 N–H and O–H groups in total. The molecule has 7 heteroatoms. The number of nitrogens with zero attached hydrogens (tertiary/aromatic N) is 2. The van der Waals surface area contributed by atoms with Gasteiger partial charge in [0.2, 0.25) is 0 Å². The lowest BCUT2D eigenvalue weighted by Gasteiger charge is -2.29. The number of ether oxygens (including phenoxy) is 2. The minimum atomic E-state index is -0.647. The molecule has 2 aromatic rings. The van der Waals surface area contributed by atoms with E-state index in [0.717, 1.165) is 61.7 Å². The van der Waals surface area contributed by atoms with Gasteiger partial charge >= 0.3 is 0 Å². The Morgan fingerprint density at radius 2 is 1.77 bits per heavy atom. The molecule has 2 aromatic carbocycles. The van der Waals surface area contributed by atoms with Crippen LogP contribution in [0.15, 0.2) is 48.0 Å². The molecule has 0 aromatic heterocycles. The summed E-state index contributed by atoms with van der Waals surface area (Å²) in [6.45, 7) is 10.8. The van der Waals surface area contributed by atoms with Gasteiger partial charge in [-0.15, -0.1) is 0 Å². The number of ketones is 1. The summed E-state index contributed by atoms with van der Waals surface area (Å²) in [4.78, 5) is 30.3. The summed E-state index contributed by atoms with van der Waals surface area (Å²) in [7, 11) is 0. The first-order valence-electron chi connectivity index (χ1n) is 12.3. The van der Waals surface area contributed by atoms with Crippen molar-refractivity contribution in [1.82, 2.24) is 9.80 Å². The summed E-state index contributed by atoms with van der Waals surface area (Å²) >= 11 is 0. The molecule has 1 atom stereocenters. The molecule has 2 saturated heterocycles. The minimum absolute atomic E-state index is 0.133. The van der Waals surface area contributed by atoms with E-state index in [4.69, 9.17) is 9.47 Å². The number of hydrogen-bond donors (Lipinski definition) is 1. The number of aliphatic hydroxyl groups excluding tert-OH is 1. The third kappa shape index (κ3) is 5.41. The van der Waals surface area contributed by atoms with Crippen molar-refractivity contribution in [3.63, 3.8) is 0 Å². The maximum Gasteiger partial charge on any atom is 0.295 e. The van der Waals surface area contributed by atoms with Crippen molar-refractivity contribution < 1.29 is 24.2 Å². The highest BCUT2D eigenvalue weighted by atomic mass is 16.5. The Morgan fingerprint density at radius 1 is 1.06 bits per heavy atom. The van der Waals surface area contributed by atoms with Crippen LogP contribution in [-0.4, -0.2) is 72.6 Å². The fraction of sp³-hybridized carbons (Fsp3) is 0.429. The number of carbonyl (C=O) groups is 2. The summed E-state index contributed by atoms with van der Waals surface area (Å²) < 4.78 is 11.0. The molecular weight excluding hydrogens is 444 g/mol. The molecule has 186 valence electrons. The van der Waals surface area contributed by atoms with Gasteiger partial charge in [0.1, 0.15) is 11.5 Å². The average Bonchev–Trinajstić information content (AvgIpc) is 3.11. The number of likely N-dealkylation sites (tertiary alicyclic amines) is 1. The van der Waals surface area contributed by atoms with E-state index < -0.39 is 17.7 Å². The topological polar surface area (TPSA) is 79.3 Å². The summed E-state index contributed by atoms with van der Waals surface area (Å²) in [5.41, 5.74) is 3.37. The molecule has 0 bridgehead atoms. The van der Waals surface area contributed by atoms with E-state index in [1.165, 1.54) is 0 Å². The summed E-state index contributed by atoms with van der Waals surface area (Å²) in [6, 6.07) is 12.5. The van der Waals surface area contributed by atoms with Crippen molar-refractivity contribution in [2.45, 2.75) is 33.2 Å². The summed E-state index contributed by atoms with van der Waals surface area (Å²) in [5.74, 6) is -0.647. The number of hydrogen-bond acceptors (Lipinski definition) is 6. The number of amides is 1. The number of aliphatic hydroxyl groups is 1. The number of carbonyl (C=O) groups excluding carboxylic acids is 2. The molecule has 1 unspecified atom stereocenters. The van der Waals surface area contributed by atoms with Crippen LogP contribution in [0.3, 0.4) is 0 Å². The molecule has 2 aliphatic rings. The van der Waals surface area contributed by atoms with E-state index in [9.17, 15) is 14.7 Å². The molecule has 4 rings (SSSR count). The van der Waals surface area contributed by atoms with E-state index in [1.807, 2.05) is 45.0 Å². The molecule has 0 saturated carbocycles. The van der Waals surface area contributed by atoms with Crippen LogP contribution >= 0.6 is 0 Å². The number of Topliss-reactive ketones (excluding diaryl/α,β-unsaturated/α-hetero) is 1.